The van der Waals surface area contributed by atoms with Gasteiger partial charge in [-0.05, 0) is 6.07 Å². The Kier molecular flexibility index (Phi) is 2.07. The van der Waals surface area contributed by atoms with Gasteiger partial charge in [-0.3, -0.25) is 4.79 Å². The largest absolute Gasteiger partial charge is 0.417 e. The number of hydrogen-bond acceptors (Lipinski definition) is 2. The molecule has 1 aromatic heterocycles. The van der Waals surface area contributed by atoms with E-state index < -0.39 is 23.0 Å². The van der Waals surface area contributed by atoms with Crippen LogP contribution in [-0.2, 0) is 13.2 Å². The van der Waals surface area contributed by atoms with Gasteiger partial charge in [0.2, 0.25) is 0 Å². The molecule has 1 rings (SSSR count). The topological polar surface area (TPSA) is 48.0 Å². The number of aromatic nitrogens is 1. The predicted octanol–water partition coefficient (Wildman–Crippen LogP) is 0.986. The fourth-order valence-corrected chi connectivity index (χ4v) is 0.892. The summed E-state index contributed by atoms with van der Waals surface area (Å²) in [6, 6.07) is 0.627. The van der Waals surface area contributed by atoms with Crippen molar-refractivity contribution in [2.75, 3.05) is 5.73 Å². The quantitative estimate of drug-likeness (QED) is 0.666. The van der Waals surface area contributed by atoms with Crippen LogP contribution in [0.1, 0.15) is 5.56 Å². The number of anilines is 1. The van der Waals surface area contributed by atoms with Gasteiger partial charge >= 0.3 is 6.18 Å². The molecule has 2 N–H and O–H groups in total. The van der Waals surface area contributed by atoms with Crippen LogP contribution in [0.25, 0.3) is 0 Å². The van der Waals surface area contributed by atoms with E-state index in [0.29, 0.717) is 12.3 Å². The van der Waals surface area contributed by atoms with E-state index in [-0.39, 0.29) is 0 Å². The van der Waals surface area contributed by atoms with Crippen molar-refractivity contribution in [1.82, 2.24) is 4.57 Å². The van der Waals surface area contributed by atoms with Crippen LogP contribution >= 0.6 is 0 Å². The lowest BCUT2D eigenvalue weighted by molar-refractivity contribution is -0.138. The molecule has 13 heavy (non-hydrogen) atoms. The Hall–Kier alpha value is -1.46. The lowest BCUT2D eigenvalue weighted by Gasteiger charge is -2.08. The van der Waals surface area contributed by atoms with Gasteiger partial charge in [-0.1, -0.05) is 0 Å². The predicted molar refractivity (Wildman–Crippen MR) is 41.1 cm³/mol. The maximum Gasteiger partial charge on any atom is 0.417 e. The summed E-state index contributed by atoms with van der Waals surface area (Å²) in [5.74, 6) is 0. The molecule has 0 aromatic carbocycles. The average Bonchev–Trinajstić information content (AvgIpc) is 1.97. The Balaban J connectivity index is 3.38. The van der Waals surface area contributed by atoms with Crippen LogP contribution in [0.4, 0.5) is 18.9 Å². The van der Waals surface area contributed by atoms with Gasteiger partial charge in [0, 0.05) is 13.2 Å². The molecule has 0 saturated carbocycles. The zero-order valence-corrected chi connectivity index (χ0v) is 6.72. The van der Waals surface area contributed by atoms with E-state index >= 15 is 0 Å². The standard InChI is InChI=1S/C7H7F3N2O/c1-12-3-4(7(8,9)10)2-5(11)6(12)13/h2-3H,11H2,1H3. The maximum atomic E-state index is 12.1. The van der Waals surface area contributed by atoms with Crippen LogP contribution in [0.15, 0.2) is 17.1 Å². The molecule has 0 spiro atoms. The molecule has 0 aliphatic rings. The molecule has 0 fully saturated rings. The number of nitrogens with zero attached hydrogens (tertiary/aromatic N) is 1. The normalized spacial score (nSPS) is 11.7. The van der Waals surface area contributed by atoms with E-state index in [0.717, 1.165) is 4.57 Å². The minimum atomic E-state index is -4.47. The molecule has 0 atom stereocenters. The Morgan fingerprint density at radius 2 is 2.00 bits per heavy atom. The first-order valence-electron chi connectivity index (χ1n) is 3.35. The van der Waals surface area contributed by atoms with E-state index in [9.17, 15) is 18.0 Å². The summed E-state index contributed by atoms with van der Waals surface area (Å²) >= 11 is 0. The zero-order chi connectivity index (χ0) is 10.2. The molecular weight excluding hydrogens is 185 g/mol. The van der Waals surface area contributed by atoms with Gasteiger partial charge in [0.25, 0.3) is 5.56 Å². The molecule has 0 aliphatic carbocycles. The monoisotopic (exact) mass is 192 g/mol. The number of aryl methyl sites for hydroxylation is 1. The highest BCUT2D eigenvalue weighted by Crippen LogP contribution is 2.28. The number of pyridine rings is 1. The highest BCUT2D eigenvalue weighted by atomic mass is 19.4. The van der Waals surface area contributed by atoms with Gasteiger partial charge < -0.3 is 10.3 Å². The molecule has 0 aliphatic heterocycles. The number of rotatable bonds is 0. The number of hydrogen-bond donors (Lipinski definition) is 1. The Morgan fingerprint density at radius 1 is 1.46 bits per heavy atom. The van der Waals surface area contributed by atoms with Crippen molar-refractivity contribution >= 4 is 5.69 Å². The van der Waals surface area contributed by atoms with Crippen molar-refractivity contribution in [1.29, 1.82) is 0 Å². The van der Waals surface area contributed by atoms with E-state index in [2.05, 4.69) is 0 Å². The SMILES string of the molecule is Cn1cc(C(F)(F)F)cc(N)c1=O. The minimum absolute atomic E-state index is 0.405. The molecule has 72 valence electrons. The second kappa shape index (κ2) is 2.79. The lowest BCUT2D eigenvalue weighted by atomic mass is 10.2. The molecular formula is C7H7F3N2O. The number of alkyl halides is 3. The molecule has 1 aromatic rings. The number of halogens is 3. The molecule has 3 nitrogen and oxygen atoms in total. The third-order valence-corrected chi connectivity index (χ3v) is 1.54. The van der Waals surface area contributed by atoms with Crippen LogP contribution in [-0.4, -0.2) is 4.57 Å². The Bertz CT molecular complexity index is 354. The summed E-state index contributed by atoms with van der Waals surface area (Å²) in [4.78, 5) is 10.9. The number of nitrogens with two attached hydrogens (primary N) is 1. The van der Waals surface area contributed by atoms with Gasteiger partial charge in [0.05, 0.1) is 11.3 Å². The molecule has 0 amide bonds. The number of nitrogen functional groups attached to an aromatic ring is 1. The third-order valence-electron chi connectivity index (χ3n) is 1.54. The summed E-state index contributed by atoms with van der Waals surface area (Å²) in [6.45, 7) is 0. The van der Waals surface area contributed by atoms with Crippen molar-refractivity contribution in [3.8, 4) is 0 Å². The van der Waals surface area contributed by atoms with E-state index in [1.54, 1.807) is 0 Å². The van der Waals surface area contributed by atoms with Crippen molar-refractivity contribution in [2.45, 2.75) is 6.18 Å². The first-order valence-corrected chi connectivity index (χ1v) is 3.35. The second-order valence-electron chi connectivity index (χ2n) is 2.60. The third kappa shape index (κ3) is 1.82. The van der Waals surface area contributed by atoms with Crippen molar-refractivity contribution in [2.24, 2.45) is 7.05 Å². The maximum absolute atomic E-state index is 12.1. The van der Waals surface area contributed by atoms with Crippen LogP contribution < -0.4 is 11.3 Å². The minimum Gasteiger partial charge on any atom is -0.394 e. The highest BCUT2D eigenvalue weighted by molar-refractivity contribution is 5.38. The molecule has 0 unspecified atom stereocenters. The summed E-state index contributed by atoms with van der Waals surface area (Å²) in [6.07, 6.45) is -3.77. The van der Waals surface area contributed by atoms with Gasteiger partial charge in [0.15, 0.2) is 0 Å². The van der Waals surface area contributed by atoms with Crippen LogP contribution in [0.3, 0.4) is 0 Å². The van der Waals surface area contributed by atoms with E-state index in [1.807, 2.05) is 0 Å². The Morgan fingerprint density at radius 3 is 2.38 bits per heavy atom. The first-order chi connectivity index (χ1) is 5.82. The van der Waals surface area contributed by atoms with Crippen molar-refractivity contribution < 1.29 is 13.2 Å². The van der Waals surface area contributed by atoms with Gasteiger partial charge in [-0.2, -0.15) is 13.2 Å². The fraction of sp³-hybridized carbons (Fsp3) is 0.286. The van der Waals surface area contributed by atoms with Crippen LogP contribution in [0.5, 0.6) is 0 Å². The van der Waals surface area contributed by atoms with Crippen molar-refractivity contribution in [3.05, 3.63) is 28.2 Å². The van der Waals surface area contributed by atoms with Crippen molar-refractivity contribution in [3.63, 3.8) is 0 Å². The molecule has 0 radical (unpaired) electrons. The lowest BCUT2D eigenvalue weighted by Crippen LogP contribution is -2.22. The van der Waals surface area contributed by atoms with Crippen LogP contribution in [0.2, 0.25) is 0 Å². The molecule has 0 saturated heterocycles. The Labute approximate surface area is 71.6 Å². The summed E-state index contributed by atoms with van der Waals surface area (Å²) < 4.78 is 37.1. The second-order valence-corrected chi connectivity index (χ2v) is 2.60. The van der Waals surface area contributed by atoms with Gasteiger partial charge in [-0.15, -0.1) is 0 Å². The fourth-order valence-electron chi connectivity index (χ4n) is 0.892. The highest BCUT2D eigenvalue weighted by Gasteiger charge is 2.31. The van der Waals surface area contributed by atoms with Gasteiger partial charge in [-0.25, -0.2) is 0 Å². The molecule has 0 bridgehead atoms. The average molecular weight is 192 g/mol. The zero-order valence-electron chi connectivity index (χ0n) is 6.72. The van der Waals surface area contributed by atoms with Crippen LogP contribution in [0, 0.1) is 0 Å². The van der Waals surface area contributed by atoms with E-state index in [1.165, 1.54) is 7.05 Å². The summed E-state index contributed by atoms with van der Waals surface area (Å²) in [7, 11) is 1.22. The smallest absolute Gasteiger partial charge is 0.394 e. The first kappa shape index (κ1) is 9.63. The van der Waals surface area contributed by atoms with E-state index in [4.69, 9.17) is 5.73 Å². The van der Waals surface area contributed by atoms with Gasteiger partial charge in [0.1, 0.15) is 0 Å². The summed E-state index contributed by atoms with van der Waals surface area (Å²) in [5, 5.41) is 0. The molecule has 1 heterocycles. The molecule has 6 heteroatoms. The summed E-state index contributed by atoms with van der Waals surface area (Å²) in [5.41, 5.74) is 3.12.